The molecule has 2 nitrogen and oxygen atoms in total. The zero-order valence-electron chi connectivity index (χ0n) is 11.7. The number of rotatable bonds is 1. The summed E-state index contributed by atoms with van der Waals surface area (Å²) in [6.45, 7) is 7.44. The van der Waals surface area contributed by atoms with Crippen LogP contribution < -0.4 is 10.2 Å². The maximum Gasteiger partial charge on any atom is 0.417 e. The highest BCUT2D eigenvalue weighted by Crippen LogP contribution is 2.37. The molecule has 1 heterocycles. The van der Waals surface area contributed by atoms with Crippen LogP contribution in [-0.2, 0) is 6.18 Å². The van der Waals surface area contributed by atoms with Crippen molar-refractivity contribution in [1.29, 1.82) is 0 Å². The molecule has 1 unspecified atom stereocenters. The maximum atomic E-state index is 12.9. The molecule has 112 valence electrons. The Morgan fingerprint density at radius 1 is 1.35 bits per heavy atom. The fourth-order valence-corrected chi connectivity index (χ4v) is 2.65. The number of hydrogen-bond acceptors (Lipinski definition) is 2. The topological polar surface area (TPSA) is 15.3 Å². The van der Waals surface area contributed by atoms with Crippen LogP contribution >= 0.6 is 11.6 Å². The minimum absolute atomic E-state index is 0.130. The van der Waals surface area contributed by atoms with Crippen molar-refractivity contribution < 1.29 is 13.2 Å². The fraction of sp³-hybridized carbons (Fsp3) is 0.571. The molecule has 1 saturated heterocycles. The number of anilines is 1. The normalized spacial score (nSPS) is 22.9. The molecule has 1 fully saturated rings. The van der Waals surface area contributed by atoms with Crippen molar-refractivity contribution >= 4 is 17.3 Å². The molecule has 1 aromatic carbocycles. The summed E-state index contributed by atoms with van der Waals surface area (Å²) >= 11 is 5.66. The van der Waals surface area contributed by atoms with E-state index in [-0.39, 0.29) is 16.6 Å². The molecule has 1 aliphatic rings. The standard InChI is InChI=1S/C14H18ClF3N2/c1-9-7-19-13(2,3)8-20(9)10-4-5-12(15)11(6-10)14(16,17)18/h4-6,9,19H,7-8H2,1-3H3. The van der Waals surface area contributed by atoms with E-state index in [0.717, 1.165) is 12.6 Å². The lowest BCUT2D eigenvalue weighted by Crippen LogP contribution is -2.61. The van der Waals surface area contributed by atoms with Crippen LogP contribution in [0.25, 0.3) is 0 Å². The fourth-order valence-electron chi connectivity index (χ4n) is 2.43. The summed E-state index contributed by atoms with van der Waals surface area (Å²) in [7, 11) is 0. The highest BCUT2D eigenvalue weighted by Gasteiger charge is 2.35. The first kappa shape index (κ1) is 15.4. The molecule has 0 radical (unpaired) electrons. The summed E-state index contributed by atoms with van der Waals surface area (Å²) in [5.74, 6) is 0. The van der Waals surface area contributed by atoms with Crippen LogP contribution in [0, 0.1) is 0 Å². The van der Waals surface area contributed by atoms with Crippen molar-refractivity contribution in [2.75, 3.05) is 18.0 Å². The van der Waals surface area contributed by atoms with E-state index in [1.54, 1.807) is 6.07 Å². The van der Waals surface area contributed by atoms with E-state index in [4.69, 9.17) is 11.6 Å². The first-order chi connectivity index (χ1) is 9.10. The number of piperazine rings is 1. The van der Waals surface area contributed by atoms with Crippen molar-refractivity contribution in [3.05, 3.63) is 28.8 Å². The van der Waals surface area contributed by atoms with Gasteiger partial charge in [-0.15, -0.1) is 0 Å². The van der Waals surface area contributed by atoms with Crippen molar-refractivity contribution in [3.8, 4) is 0 Å². The number of alkyl halides is 3. The van der Waals surface area contributed by atoms with E-state index in [2.05, 4.69) is 5.32 Å². The zero-order chi connectivity index (χ0) is 15.1. The molecule has 0 amide bonds. The Balaban J connectivity index is 2.37. The first-order valence-corrected chi connectivity index (χ1v) is 6.86. The molecule has 0 saturated carbocycles. The summed E-state index contributed by atoms with van der Waals surface area (Å²) in [5, 5.41) is 3.11. The monoisotopic (exact) mass is 306 g/mol. The SMILES string of the molecule is CC1CNC(C)(C)CN1c1ccc(Cl)c(C(F)(F)F)c1. The number of halogens is 4. The molecule has 1 N–H and O–H groups in total. The minimum atomic E-state index is -4.43. The van der Waals surface area contributed by atoms with E-state index in [0.29, 0.717) is 12.2 Å². The van der Waals surface area contributed by atoms with Crippen molar-refractivity contribution in [1.82, 2.24) is 5.32 Å². The lowest BCUT2D eigenvalue weighted by Gasteiger charge is -2.45. The number of benzene rings is 1. The third-order valence-electron chi connectivity index (χ3n) is 3.56. The quantitative estimate of drug-likeness (QED) is 0.845. The number of nitrogens with one attached hydrogen (secondary N) is 1. The van der Waals surface area contributed by atoms with Gasteiger partial charge in [0.15, 0.2) is 0 Å². The predicted octanol–water partition coefficient (Wildman–Crippen LogP) is 3.94. The first-order valence-electron chi connectivity index (χ1n) is 6.48. The summed E-state index contributed by atoms with van der Waals surface area (Å²) in [6.07, 6.45) is -4.43. The van der Waals surface area contributed by atoms with Gasteiger partial charge in [0.05, 0.1) is 10.6 Å². The molecule has 1 aliphatic heterocycles. The zero-order valence-corrected chi connectivity index (χ0v) is 12.4. The van der Waals surface area contributed by atoms with Gasteiger partial charge in [-0.05, 0) is 39.0 Å². The molecule has 6 heteroatoms. The molecule has 0 spiro atoms. The Morgan fingerprint density at radius 2 is 2.00 bits per heavy atom. The molecule has 0 bridgehead atoms. The average molecular weight is 307 g/mol. The highest BCUT2D eigenvalue weighted by molar-refractivity contribution is 6.31. The van der Waals surface area contributed by atoms with E-state index >= 15 is 0 Å². The lowest BCUT2D eigenvalue weighted by atomic mass is 9.98. The Morgan fingerprint density at radius 3 is 2.60 bits per heavy atom. The van der Waals surface area contributed by atoms with E-state index in [9.17, 15) is 13.2 Å². The van der Waals surface area contributed by atoms with Crippen LogP contribution in [0.15, 0.2) is 18.2 Å². The molecule has 1 atom stereocenters. The summed E-state index contributed by atoms with van der Waals surface area (Å²) in [5.41, 5.74) is -0.353. The van der Waals surface area contributed by atoms with Crippen LogP contribution in [0.3, 0.4) is 0 Å². The molecule has 2 rings (SSSR count). The highest BCUT2D eigenvalue weighted by atomic mass is 35.5. The smallest absolute Gasteiger partial charge is 0.366 e. The molecular weight excluding hydrogens is 289 g/mol. The summed E-state index contributed by atoms with van der Waals surface area (Å²) < 4.78 is 38.8. The van der Waals surface area contributed by atoms with Crippen LogP contribution in [-0.4, -0.2) is 24.7 Å². The van der Waals surface area contributed by atoms with E-state index < -0.39 is 11.7 Å². The number of hydrogen-bond donors (Lipinski definition) is 1. The van der Waals surface area contributed by atoms with Crippen molar-refractivity contribution in [2.45, 2.75) is 38.5 Å². The van der Waals surface area contributed by atoms with Crippen molar-refractivity contribution in [3.63, 3.8) is 0 Å². The second kappa shape index (κ2) is 5.11. The Hall–Kier alpha value is -0.940. The van der Waals surface area contributed by atoms with E-state index in [1.807, 2.05) is 25.7 Å². The van der Waals surface area contributed by atoms with Gasteiger partial charge in [-0.3, -0.25) is 0 Å². The van der Waals surface area contributed by atoms with Crippen LogP contribution in [0.5, 0.6) is 0 Å². The molecule has 0 aromatic heterocycles. The Kier molecular flexibility index (Phi) is 3.95. The van der Waals surface area contributed by atoms with Gasteiger partial charge >= 0.3 is 6.18 Å². The van der Waals surface area contributed by atoms with Gasteiger partial charge in [0, 0.05) is 30.4 Å². The van der Waals surface area contributed by atoms with Gasteiger partial charge in [0.2, 0.25) is 0 Å². The molecule has 0 aliphatic carbocycles. The molecule has 20 heavy (non-hydrogen) atoms. The van der Waals surface area contributed by atoms with Crippen molar-refractivity contribution in [2.24, 2.45) is 0 Å². The summed E-state index contributed by atoms with van der Waals surface area (Å²) in [6, 6.07) is 4.24. The Labute approximate surface area is 121 Å². The van der Waals surface area contributed by atoms with Crippen LogP contribution in [0.1, 0.15) is 26.3 Å². The van der Waals surface area contributed by atoms with Gasteiger partial charge in [-0.1, -0.05) is 11.6 Å². The molecular formula is C14H18ClF3N2. The second-order valence-electron chi connectivity index (χ2n) is 5.90. The average Bonchev–Trinajstić information content (AvgIpc) is 2.32. The lowest BCUT2D eigenvalue weighted by molar-refractivity contribution is -0.137. The van der Waals surface area contributed by atoms with Gasteiger partial charge in [-0.2, -0.15) is 13.2 Å². The van der Waals surface area contributed by atoms with E-state index in [1.165, 1.54) is 6.07 Å². The predicted molar refractivity (Wildman–Crippen MR) is 75.3 cm³/mol. The summed E-state index contributed by atoms with van der Waals surface area (Å²) in [4.78, 5) is 1.99. The largest absolute Gasteiger partial charge is 0.417 e. The van der Waals surface area contributed by atoms with Gasteiger partial charge in [0.25, 0.3) is 0 Å². The second-order valence-corrected chi connectivity index (χ2v) is 6.31. The van der Waals surface area contributed by atoms with Gasteiger partial charge < -0.3 is 10.2 Å². The van der Waals surface area contributed by atoms with Crippen LogP contribution in [0.2, 0.25) is 5.02 Å². The third kappa shape index (κ3) is 3.20. The number of nitrogens with zero attached hydrogens (tertiary/aromatic N) is 1. The molecule has 1 aromatic rings. The maximum absolute atomic E-state index is 12.9. The van der Waals surface area contributed by atoms with Gasteiger partial charge in [0.1, 0.15) is 0 Å². The minimum Gasteiger partial charge on any atom is -0.366 e. The van der Waals surface area contributed by atoms with Gasteiger partial charge in [-0.25, -0.2) is 0 Å². The Bertz CT molecular complexity index is 500. The van der Waals surface area contributed by atoms with Crippen LogP contribution in [0.4, 0.5) is 18.9 Å². The third-order valence-corrected chi connectivity index (χ3v) is 3.89.